The van der Waals surface area contributed by atoms with Gasteiger partial charge in [-0.15, -0.1) is 0 Å². The number of likely N-dealkylation sites (tertiary alicyclic amines) is 1. The number of nitrogens with one attached hydrogen (secondary N) is 1. The maximum absolute atomic E-state index is 12.6. The van der Waals surface area contributed by atoms with Gasteiger partial charge in [-0.3, -0.25) is 9.69 Å². The highest BCUT2D eigenvalue weighted by Gasteiger charge is 2.17. The van der Waals surface area contributed by atoms with Gasteiger partial charge in [-0.1, -0.05) is 36.4 Å². The average molecular weight is 391 g/mol. The van der Waals surface area contributed by atoms with E-state index in [1.807, 2.05) is 36.4 Å². The SMILES string of the molecule is CCn1cc(CN2CCCC2)c2ccc(NC(=O)[C@@H](N)Cc3ccccc3)cc21. The fourth-order valence-corrected chi connectivity index (χ4v) is 4.21. The van der Waals surface area contributed by atoms with E-state index >= 15 is 0 Å². The molecule has 2 heterocycles. The molecule has 2 aromatic carbocycles. The number of nitrogens with zero attached hydrogens (tertiary/aromatic N) is 2. The molecule has 1 aliphatic heterocycles. The summed E-state index contributed by atoms with van der Waals surface area (Å²) in [5, 5.41) is 4.27. The minimum atomic E-state index is -0.572. The highest BCUT2D eigenvalue weighted by atomic mass is 16.2. The summed E-state index contributed by atoms with van der Waals surface area (Å²) in [5.74, 6) is -0.153. The number of carbonyl (C=O) groups excluding carboxylic acids is 1. The summed E-state index contributed by atoms with van der Waals surface area (Å²) in [6.45, 7) is 6.43. The molecule has 4 rings (SSSR count). The first-order chi connectivity index (χ1) is 14.1. The number of anilines is 1. The molecule has 0 radical (unpaired) electrons. The standard InChI is InChI=1S/C24H30N4O/c1-2-28-17-19(16-27-12-6-7-13-27)21-11-10-20(15-23(21)28)26-24(29)22(25)14-18-8-4-3-5-9-18/h3-5,8-11,15,17,22H,2,6-7,12-14,16,25H2,1H3,(H,26,29)/t22-/m0/s1. The van der Waals surface area contributed by atoms with Crippen LogP contribution in [-0.4, -0.2) is 34.5 Å². The Labute approximate surface area is 172 Å². The van der Waals surface area contributed by atoms with Crippen LogP contribution in [0, 0.1) is 0 Å². The van der Waals surface area contributed by atoms with Gasteiger partial charge >= 0.3 is 0 Å². The predicted molar refractivity (Wildman–Crippen MR) is 119 cm³/mol. The van der Waals surface area contributed by atoms with Crippen LogP contribution in [0.2, 0.25) is 0 Å². The quantitative estimate of drug-likeness (QED) is 0.646. The van der Waals surface area contributed by atoms with Crippen molar-refractivity contribution < 1.29 is 4.79 Å². The van der Waals surface area contributed by atoms with Crippen molar-refractivity contribution in [1.82, 2.24) is 9.47 Å². The molecule has 1 aromatic heterocycles. The van der Waals surface area contributed by atoms with Crippen LogP contribution >= 0.6 is 0 Å². The van der Waals surface area contributed by atoms with Crippen LogP contribution in [0.4, 0.5) is 5.69 Å². The molecule has 5 heteroatoms. The lowest BCUT2D eigenvalue weighted by molar-refractivity contribution is -0.117. The van der Waals surface area contributed by atoms with E-state index in [0.29, 0.717) is 6.42 Å². The number of carbonyl (C=O) groups is 1. The van der Waals surface area contributed by atoms with E-state index in [9.17, 15) is 4.79 Å². The molecular weight excluding hydrogens is 360 g/mol. The Morgan fingerprint density at radius 2 is 1.90 bits per heavy atom. The van der Waals surface area contributed by atoms with E-state index in [4.69, 9.17) is 5.73 Å². The lowest BCUT2D eigenvalue weighted by atomic mass is 10.1. The highest BCUT2D eigenvalue weighted by molar-refractivity contribution is 5.97. The fraction of sp³-hybridized carbons (Fsp3) is 0.375. The minimum Gasteiger partial charge on any atom is -0.347 e. The topological polar surface area (TPSA) is 63.3 Å². The van der Waals surface area contributed by atoms with Gasteiger partial charge in [0, 0.05) is 30.4 Å². The maximum Gasteiger partial charge on any atom is 0.241 e. The summed E-state index contributed by atoms with van der Waals surface area (Å²) < 4.78 is 2.26. The van der Waals surface area contributed by atoms with Crippen LogP contribution in [0.3, 0.4) is 0 Å². The number of aryl methyl sites for hydroxylation is 1. The number of hydrogen-bond acceptors (Lipinski definition) is 3. The van der Waals surface area contributed by atoms with Gasteiger partial charge in [0.15, 0.2) is 0 Å². The molecule has 1 amide bonds. The normalized spacial score (nSPS) is 15.7. The van der Waals surface area contributed by atoms with Crippen molar-refractivity contribution in [3.8, 4) is 0 Å². The van der Waals surface area contributed by atoms with Crippen LogP contribution in [0.5, 0.6) is 0 Å². The maximum atomic E-state index is 12.6. The molecule has 1 fully saturated rings. The Bertz CT molecular complexity index is 973. The summed E-state index contributed by atoms with van der Waals surface area (Å²) in [6.07, 6.45) is 5.38. The van der Waals surface area contributed by atoms with Crippen LogP contribution in [0.25, 0.3) is 10.9 Å². The molecule has 152 valence electrons. The summed E-state index contributed by atoms with van der Waals surface area (Å²) in [6, 6.07) is 15.5. The highest BCUT2D eigenvalue weighted by Crippen LogP contribution is 2.27. The molecule has 29 heavy (non-hydrogen) atoms. The number of amides is 1. The Kier molecular flexibility index (Phi) is 5.97. The molecule has 0 aliphatic carbocycles. The van der Waals surface area contributed by atoms with E-state index in [0.717, 1.165) is 29.9 Å². The predicted octanol–water partition coefficient (Wildman–Crippen LogP) is 3.77. The molecule has 0 bridgehead atoms. The minimum absolute atomic E-state index is 0.153. The van der Waals surface area contributed by atoms with Crippen LogP contribution in [-0.2, 0) is 24.3 Å². The molecular formula is C24H30N4O. The number of aromatic nitrogens is 1. The van der Waals surface area contributed by atoms with Crippen molar-refractivity contribution in [3.63, 3.8) is 0 Å². The van der Waals surface area contributed by atoms with Crippen molar-refractivity contribution >= 4 is 22.5 Å². The van der Waals surface area contributed by atoms with Crippen LogP contribution < -0.4 is 11.1 Å². The zero-order valence-electron chi connectivity index (χ0n) is 17.1. The second kappa shape index (κ2) is 8.80. The fourth-order valence-electron chi connectivity index (χ4n) is 4.21. The monoisotopic (exact) mass is 390 g/mol. The number of nitrogens with two attached hydrogens (primary N) is 1. The van der Waals surface area contributed by atoms with Crippen molar-refractivity contribution in [3.05, 3.63) is 65.9 Å². The van der Waals surface area contributed by atoms with Gasteiger partial charge in [0.05, 0.1) is 11.6 Å². The number of benzene rings is 2. The van der Waals surface area contributed by atoms with E-state index in [2.05, 4.69) is 40.0 Å². The first-order valence-electron chi connectivity index (χ1n) is 10.6. The van der Waals surface area contributed by atoms with Gasteiger partial charge in [-0.25, -0.2) is 0 Å². The smallest absolute Gasteiger partial charge is 0.241 e. The molecule has 0 spiro atoms. The van der Waals surface area contributed by atoms with Crippen molar-refractivity contribution in [2.24, 2.45) is 5.73 Å². The number of rotatable bonds is 7. The van der Waals surface area contributed by atoms with Gasteiger partial charge in [-0.2, -0.15) is 0 Å². The molecule has 1 saturated heterocycles. The molecule has 1 aliphatic rings. The van der Waals surface area contributed by atoms with E-state index in [1.54, 1.807) is 0 Å². The average Bonchev–Trinajstić information content (AvgIpc) is 3.37. The van der Waals surface area contributed by atoms with Gasteiger partial charge in [-0.05, 0) is 62.5 Å². The van der Waals surface area contributed by atoms with Gasteiger partial charge < -0.3 is 15.6 Å². The molecule has 5 nitrogen and oxygen atoms in total. The number of fused-ring (bicyclic) bond motifs is 1. The second-order valence-corrected chi connectivity index (χ2v) is 7.94. The summed E-state index contributed by atoms with van der Waals surface area (Å²) in [5.41, 5.74) is 10.5. The zero-order chi connectivity index (χ0) is 20.2. The Morgan fingerprint density at radius 1 is 1.14 bits per heavy atom. The van der Waals surface area contributed by atoms with Crippen molar-refractivity contribution in [2.45, 2.75) is 45.3 Å². The van der Waals surface area contributed by atoms with Gasteiger partial charge in [0.25, 0.3) is 0 Å². The van der Waals surface area contributed by atoms with Gasteiger partial charge in [0.1, 0.15) is 0 Å². The summed E-state index contributed by atoms with van der Waals surface area (Å²) >= 11 is 0. The Balaban J connectivity index is 1.49. The lowest BCUT2D eigenvalue weighted by Crippen LogP contribution is -2.37. The summed E-state index contributed by atoms with van der Waals surface area (Å²) in [4.78, 5) is 15.1. The molecule has 0 saturated carbocycles. The van der Waals surface area contributed by atoms with Gasteiger partial charge in [0.2, 0.25) is 5.91 Å². The van der Waals surface area contributed by atoms with E-state index in [1.165, 1.54) is 36.9 Å². The summed E-state index contributed by atoms with van der Waals surface area (Å²) in [7, 11) is 0. The third-order valence-electron chi connectivity index (χ3n) is 5.80. The van der Waals surface area contributed by atoms with Crippen molar-refractivity contribution in [2.75, 3.05) is 18.4 Å². The van der Waals surface area contributed by atoms with Crippen LogP contribution in [0.15, 0.2) is 54.7 Å². The first kappa shape index (κ1) is 19.7. The lowest BCUT2D eigenvalue weighted by Gasteiger charge is -2.14. The Morgan fingerprint density at radius 3 is 2.62 bits per heavy atom. The molecule has 0 unspecified atom stereocenters. The second-order valence-electron chi connectivity index (χ2n) is 7.94. The molecule has 3 N–H and O–H groups in total. The largest absolute Gasteiger partial charge is 0.347 e. The zero-order valence-corrected chi connectivity index (χ0v) is 17.1. The van der Waals surface area contributed by atoms with Crippen LogP contribution in [0.1, 0.15) is 30.9 Å². The first-order valence-corrected chi connectivity index (χ1v) is 10.6. The third kappa shape index (κ3) is 4.52. The Hall–Kier alpha value is -2.63. The molecule has 1 atom stereocenters. The molecule has 3 aromatic rings. The van der Waals surface area contributed by atoms with E-state index < -0.39 is 6.04 Å². The third-order valence-corrected chi connectivity index (χ3v) is 5.80. The van der Waals surface area contributed by atoms with E-state index in [-0.39, 0.29) is 5.91 Å². The number of hydrogen-bond donors (Lipinski definition) is 2. The van der Waals surface area contributed by atoms with Crippen molar-refractivity contribution in [1.29, 1.82) is 0 Å².